The standard InChI is InChI=1S/C25H25N7O2.C17H14BrN3O2/c1-2-4-21-18(3-1)25(7-12-34-21)16-33-15-22-29-20-6-5-19(30-23(20)32(22)25)17-13-27-24(28-14-17)31-10-8-26-9-11-31;18-14-6-5-12-16(20-14)21-15(19-12)9-22-10-17(21)7-8-23-13-4-2-1-3-11(13)17/h1-6,13-14,26H,7-12,15-16H2;1-6H,7-10H2. The molecule has 0 amide bonds. The number of pyridine rings is 2. The van der Waals surface area contributed by atoms with Gasteiger partial charge in [0.25, 0.3) is 0 Å². The van der Waals surface area contributed by atoms with E-state index in [1.165, 1.54) is 0 Å². The number of nitrogens with one attached hydrogen (secondary N) is 1. The Morgan fingerprint density at radius 1 is 0.632 bits per heavy atom. The normalized spacial score (nSPS) is 22.2. The number of piperazine rings is 1. The van der Waals surface area contributed by atoms with Crippen LogP contribution >= 0.6 is 15.9 Å². The summed E-state index contributed by atoms with van der Waals surface area (Å²) in [6.45, 7) is 7.19. The fourth-order valence-corrected chi connectivity index (χ4v) is 9.42. The van der Waals surface area contributed by atoms with Gasteiger partial charge in [0.1, 0.15) is 63.1 Å². The molecule has 2 aromatic carbocycles. The van der Waals surface area contributed by atoms with E-state index in [2.05, 4.69) is 63.4 Å². The van der Waals surface area contributed by atoms with E-state index in [1.807, 2.05) is 67.0 Å². The number of anilines is 1. The second kappa shape index (κ2) is 13.9. The molecular formula is C42H39BrN10O4. The average Bonchev–Trinajstić information content (AvgIpc) is 3.84. The molecule has 5 aromatic heterocycles. The van der Waals surface area contributed by atoms with Crippen molar-refractivity contribution in [1.82, 2.24) is 44.4 Å². The number of halogens is 1. The maximum Gasteiger partial charge on any atom is 0.225 e. The first-order valence-corrected chi connectivity index (χ1v) is 20.2. The molecule has 2 unspecified atom stereocenters. The highest BCUT2D eigenvalue weighted by molar-refractivity contribution is 9.10. The molecule has 0 saturated carbocycles. The lowest BCUT2D eigenvalue weighted by atomic mass is 9.84. The number of benzene rings is 2. The first-order chi connectivity index (χ1) is 28.1. The first-order valence-electron chi connectivity index (χ1n) is 19.4. The number of imidazole rings is 2. The molecule has 0 radical (unpaired) electrons. The molecular weight excluding hydrogens is 788 g/mol. The largest absolute Gasteiger partial charge is 0.493 e. The van der Waals surface area contributed by atoms with Gasteiger partial charge in [-0.15, -0.1) is 0 Å². The summed E-state index contributed by atoms with van der Waals surface area (Å²) in [5.74, 6) is 4.41. The van der Waals surface area contributed by atoms with Gasteiger partial charge in [0, 0.05) is 68.1 Å². The van der Waals surface area contributed by atoms with Crippen molar-refractivity contribution in [2.45, 2.75) is 37.1 Å². The second-order valence-electron chi connectivity index (χ2n) is 15.0. The predicted octanol–water partition coefficient (Wildman–Crippen LogP) is 5.60. The highest BCUT2D eigenvalue weighted by atomic mass is 79.9. The third-order valence-corrected chi connectivity index (χ3v) is 12.2. The van der Waals surface area contributed by atoms with E-state index < -0.39 is 0 Å². The van der Waals surface area contributed by atoms with Crippen LogP contribution in [0.3, 0.4) is 0 Å². The summed E-state index contributed by atoms with van der Waals surface area (Å²) in [6, 6.07) is 24.4. The highest BCUT2D eigenvalue weighted by Crippen LogP contribution is 2.46. The van der Waals surface area contributed by atoms with Crippen molar-refractivity contribution in [1.29, 1.82) is 0 Å². The number of nitrogens with zero attached hydrogens (tertiary/aromatic N) is 9. The molecule has 1 N–H and O–H groups in total. The Bertz CT molecular complexity index is 2640. The van der Waals surface area contributed by atoms with Gasteiger partial charge in [0.05, 0.1) is 32.1 Å². The van der Waals surface area contributed by atoms with Crippen molar-refractivity contribution in [2.24, 2.45) is 0 Å². The van der Waals surface area contributed by atoms with Crippen LogP contribution < -0.4 is 19.7 Å². The van der Waals surface area contributed by atoms with E-state index >= 15 is 0 Å². The smallest absolute Gasteiger partial charge is 0.225 e. The molecule has 5 aliphatic heterocycles. The Kier molecular flexibility index (Phi) is 8.45. The molecule has 2 spiro atoms. The van der Waals surface area contributed by atoms with Gasteiger partial charge in [0.2, 0.25) is 5.95 Å². The van der Waals surface area contributed by atoms with Crippen LogP contribution in [-0.2, 0) is 33.8 Å². The molecule has 0 bridgehead atoms. The van der Waals surface area contributed by atoms with Crippen molar-refractivity contribution < 1.29 is 18.9 Å². The van der Waals surface area contributed by atoms with Gasteiger partial charge < -0.3 is 29.2 Å². The van der Waals surface area contributed by atoms with Crippen LogP contribution in [0.25, 0.3) is 33.6 Å². The molecule has 12 rings (SSSR count). The summed E-state index contributed by atoms with van der Waals surface area (Å²) < 4.78 is 29.2. The molecule has 10 heterocycles. The minimum absolute atomic E-state index is 0.301. The van der Waals surface area contributed by atoms with E-state index in [0.29, 0.717) is 39.6 Å². The number of ether oxygens (including phenoxy) is 4. The van der Waals surface area contributed by atoms with Crippen LogP contribution in [0.15, 0.2) is 89.8 Å². The number of hydrogen-bond acceptors (Lipinski definition) is 12. The fourth-order valence-electron chi connectivity index (χ4n) is 9.12. The van der Waals surface area contributed by atoms with Gasteiger partial charge in [-0.3, -0.25) is 9.13 Å². The van der Waals surface area contributed by atoms with Gasteiger partial charge in [0.15, 0.2) is 11.3 Å². The van der Waals surface area contributed by atoms with Gasteiger partial charge in [-0.05, 0) is 52.3 Å². The van der Waals surface area contributed by atoms with E-state index in [-0.39, 0.29) is 11.1 Å². The Balaban J connectivity index is 0.000000141. The zero-order chi connectivity index (χ0) is 38.0. The Morgan fingerprint density at radius 3 is 1.81 bits per heavy atom. The number of hydrogen-bond donors (Lipinski definition) is 1. The third-order valence-electron chi connectivity index (χ3n) is 11.8. The lowest BCUT2D eigenvalue weighted by Gasteiger charge is -2.43. The van der Waals surface area contributed by atoms with Crippen molar-refractivity contribution in [3.8, 4) is 22.8 Å². The van der Waals surface area contributed by atoms with Gasteiger partial charge in [-0.25, -0.2) is 29.9 Å². The maximum absolute atomic E-state index is 6.07. The molecule has 14 nitrogen and oxygen atoms in total. The van der Waals surface area contributed by atoms with Crippen molar-refractivity contribution >= 4 is 44.2 Å². The van der Waals surface area contributed by atoms with Crippen molar-refractivity contribution in [3.63, 3.8) is 0 Å². The molecule has 2 atom stereocenters. The number of fused-ring (bicyclic) bond motifs is 12. The summed E-state index contributed by atoms with van der Waals surface area (Å²) in [7, 11) is 0. The van der Waals surface area contributed by atoms with E-state index in [0.717, 1.165) is 117 Å². The van der Waals surface area contributed by atoms with Crippen molar-refractivity contribution in [3.05, 3.63) is 113 Å². The Labute approximate surface area is 336 Å². The zero-order valence-corrected chi connectivity index (χ0v) is 32.7. The first kappa shape index (κ1) is 34.7. The molecule has 288 valence electrons. The molecule has 7 aromatic rings. The minimum atomic E-state index is -0.383. The van der Waals surface area contributed by atoms with E-state index in [9.17, 15) is 0 Å². The summed E-state index contributed by atoms with van der Waals surface area (Å²) in [5.41, 5.74) is 6.84. The van der Waals surface area contributed by atoms with Crippen molar-refractivity contribution in [2.75, 3.05) is 57.5 Å². The predicted molar refractivity (Wildman–Crippen MR) is 215 cm³/mol. The fraction of sp³-hybridized carbons (Fsp3) is 0.333. The maximum atomic E-state index is 6.07. The second-order valence-corrected chi connectivity index (χ2v) is 15.8. The Hall–Kier alpha value is -5.48. The summed E-state index contributed by atoms with van der Waals surface area (Å²) in [6.07, 6.45) is 5.39. The molecule has 1 saturated heterocycles. The van der Waals surface area contributed by atoms with Gasteiger partial charge in [-0.1, -0.05) is 36.4 Å². The SMILES string of the molecule is Brc1ccc2nc3n(c2n1)C1(CCOc2ccccc21)COC3.c1ccc2c(c1)OCCC21COCc2nc3ccc(-c4cnc(N5CCNCC5)nc4)nc3n21. The van der Waals surface area contributed by atoms with Crippen LogP contribution in [0, 0.1) is 0 Å². The monoisotopic (exact) mass is 826 g/mol. The Morgan fingerprint density at radius 2 is 1.19 bits per heavy atom. The van der Waals surface area contributed by atoms with Crippen LogP contribution in [0.2, 0.25) is 0 Å². The summed E-state index contributed by atoms with van der Waals surface area (Å²) in [4.78, 5) is 30.9. The number of aromatic nitrogens is 8. The molecule has 0 aliphatic carbocycles. The zero-order valence-electron chi connectivity index (χ0n) is 31.1. The van der Waals surface area contributed by atoms with E-state index in [4.69, 9.17) is 38.9 Å². The van der Waals surface area contributed by atoms with Crippen LogP contribution in [0.1, 0.15) is 35.6 Å². The number of rotatable bonds is 2. The quantitative estimate of drug-likeness (QED) is 0.217. The summed E-state index contributed by atoms with van der Waals surface area (Å²) >= 11 is 3.48. The lowest BCUT2D eigenvalue weighted by molar-refractivity contribution is 0.00397. The minimum Gasteiger partial charge on any atom is -0.493 e. The summed E-state index contributed by atoms with van der Waals surface area (Å²) in [5, 5.41) is 3.36. The van der Waals surface area contributed by atoms with E-state index in [1.54, 1.807) is 0 Å². The molecule has 1 fully saturated rings. The van der Waals surface area contributed by atoms with Gasteiger partial charge >= 0.3 is 0 Å². The lowest BCUT2D eigenvalue weighted by Crippen LogP contribution is -2.47. The average molecular weight is 828 g/mol. The number of para-hydroxylation sites is 2. The molecule has 5 aliphatic rings. The topological polar surface area (TPSA) is 139 Å². The van der Waals surface area contributed by atoms with Crippen LogP contribution in [0.5, 0.6) is 11.5 Å². The molecule has 15 heteroatoms. The molecule has 57 heavy (non-hydrogen) atoms. The van der Waals surface area contributed by atoms with Crippen LogP contribution in [0.4, 0.5) is 5.95 Å². The van der Waals surface area contributed by atoms with Gasteiger partial charge in [-0.2, -0.15) is 0 Å². The highest BCUT2D eigenvalue weighted by Gasteiger charge is 2.46. The third kappa shape index (κ3) is 5.69. The van der Waals surface area contributed by atoms with Crippen LogP contribution in [-0.4, -0.2) is 91.6 Å².